The van der Waals surface area contributed by atoms with E-state index in [0.717, 1.165) is 13.1 Å². The standard InChI is InChI=1S/C10H18N2O2/c1-3-5-12(6-4-2)7-8-14-10(13)9-11/h3-4H,1-2,5-9,11H2. The van der Waals surface area contributed by atoms with Crippen molar-refractivity contribution in [3.05, 3.63) is 25.3 Å². The highest BCUT2D eigenvalue weighted by atomic mass is 16.5. The Kier molecular flexibility index (Phi) is 7.78. The second kappa shape index (κ2) is 8.47. The molecule has 0 spiro atoms. The van der Waals surface area contributed by atoms with Crippen LogP contribution in [0.3, 0.4) is 0 Å². The molecule has 0 aromatic carbocycles. The number of carbonyl (C=O) groups excluding carboxylic acids is 1. The van der Waals surface area contributed by atoms with E-state index in [2.05, 4.69) is 18.1 Å². The first-order valence-corrected chi connectivity index (χ1v) is 4.54. The second-order valence-corrected chi connectivity index (χ2v) is 2.76. The van der Waals surface area contributed by atoms with E-state index in [1.807, 2.05) is 0 Å². The van der Waals surface area contributed by atoms with Crippen LogP contribution in [0.15, 0.2) is 25.3 Å². The zero-order valence-corrected chi connectivity index (χ0v) is 8.45. The molecule has 2 N–H and O–H groups in total. The van der Waals surface area contributed by atoms with Gasteiger partial charge in [-0.05, 0) is 0 Å². The van der Waals surface area contributed by atoms with E-state index in [9.17, 15) is 4.79 Å². The Morgan fingerprint density at radius 1 is 1.36 bits per heavy atom. The van der Waals surface area contributed by atoms with E-state index in [4.69, 9.17) is 10.5 Å². The fourth-order valence-electron chi connectivity index (χ4n) is 0.970. The number of hydrogen-bond donors (Lipinski definition) is 1. The lowest BCUT2D eigenvalue weighted by molar-refractivity contribution is -0.142. The molecule has 0 fully saturated rings. The largest absolute Gasteiger partial charge is 0.463 e. The van der Waals surface area contributed by atoms with Gasteiger partial charge in [0.25, 0.3) is 0 Å². The van der Waals surface area contributed by atoms with Crippen LogP contribution in [0, 0.1) is 0 Å². The van der Waals surface area contributed by atoms with Gasteiger partial charge in [0.1, 0.15) is 6.61 Å². The van der Waals surface area contributed by atoms with Crippen LogP contribution >= 0.6 is 0 Å². The lowest BCUT2D eigenvalue weighted by Gasteiger charge is -2.17. The van der Waals surface area contributed by atoms with Gasteiger partial charge in [-0.2, -0.15) is 0 Å². The normalized spacial score (nSPS) is 9.86. The number of hydrogen-bond acceptors (Lipinski definition) is 4. The van der Waals surface area contributed by atoms with Gasteiger partial charge in [-0.3, -0.25) is 9.69 Å². The van der Waals surface area contributed by atoms with Gasteiger partial charge in [0.05, 0.1) is 6.54 Å². The number of esters is 1. The van der Waals surface area contributed by atoms with Crippen molar-refractivity contribution in [1.29, 1.82) is 0 Å². The molecule has 0 aromatic rings. The Hall–Kier alpha value is -1.13. The molecule has 0 aliphatic carbocycles. The molecular formula is C10H18N2O2. The van der Waals surface area contributed by atoms with E-state index in [1.165, 1.54) is 0 Å². The third kappa shape index (κ3) is 6.39. The molecule has 0 aliphatic rings. The van der Waals surface area contributed by atoms with Gasteiger partial charge < -0.3 is 10.5 Å². The Morgan fingerprint density at radius 2 is 1.93 bits per heavy atom. The van der Waals surface area contributed by atoms with Crippen molar-refractivity contribution in [2.75, 3.05) is 32.8 Å². The number of nitrogens with zero attached hydrogens (tertiary/aromatic N) is 1. The van der Waals surface area contributed by atoms with Gasteiger partial charge in [-0.1, -0.05) is 12.2 Å². The van der Waals surface area contributed by atoms with Gasteiger partial charge in [-0.15, -0.1) is 13.2 Å². The van der Waals surface area contributed by atoms with Crippen LogP contribution in [-0.4, -0.2) is 43.7 Å². The van der Waals surface area contributed by atoms with Crippen LogP contribution in [0.5, 0.6) is 0 Å². The molecular weight excluding hydrogens is 180 g/mol. The van der Waals surface area contributed by atoms with Gasteiger partial charge >= 0.3 is 5.97 Å². The van der Waals surface area contributed by atoms with Crippen molar-refractivity contribution in [3.8, 4) is 0 Å². The third-order valence-corrected chi connectivity index (χ3v) is 1.61. The number of nitrogens with two attached hydrogens (primary N) is 1. The van der Waals surface area contributed by atoms with Gasteiger partial charge in [0.2, 0.25) is 0 Å². The quantitative estimate of drug-likeness (QED) is 0.446. The molecule has 0 radical (unpaired) electrons. The predicted octanol–water partition coefficient (Wildman–Crippen LogP) is 0.162. The molecule has 4 heteroatoms. The Morgan fingerprint density at radius 3 is 2.36 bits per heavy atom. The van der Waals surface area contributed by atoms with Gasteiger partial charge in [0, 0.05) is 19.6 Å². The number of rotatable bonds is 8. The van der Waals surface area contributed by atoms with E-state index in [-0.39, 0.29) is 12.5 Å². The fourth-order valence-corrected chi connectivity index (χ4v) is 0.970. The minimum atomic E-state index is -0.373. The predicted molar refractivity (Wildman–Crippen MR) is 56.8 cm³/mol. The van der Waals surface area contributed by atoms with Crippen molar-refractivity contribution in [1.82, 2.24) is 4.90 Å². The summed E-state index contributed by atoms with van der Waals surface area (Å²) in [5.41, 5.74) is 5.09. The first-order chi connectivity index (χ1) is 6.74. The van der Waals surface area contributed by atoms with Crippen LogP contribution in [0.25, 0.3) is 0 Å². The summed E-state index contributed by atoms with van der Waals surface area (Å²) in [7, 11) is 0. The van der Waals surface area contributed by atoms with Crippen LogP contribution in [0.2, 0.25) is 0 Å². The summed E-state index contributed by atoms with van der Waals surface area (Å²) in [4.78, 5) is 12.8. The summed E-state index contributed by atoms with van der Waals surface area (Å²) < 4.78 is 4.84. The molecule has 0 amide bonds. The summed E-state index contributed by atoms with van der Waals surface area (Å²) >= 11 is 0. The molecule has 0 rings (SSSR count). The van der Waals surface area contributed by atoms with E-state index < -0.39 is 0 Å². The molecule has 80 valence electrons. The van der Waals surface area contributed by atoms with Crippen molar-refractivity contribution >= 4 is 5.97 Å². The van der Waals surface area contributed by atoms with Crippen molar-refractivity contribution in [2.45, 2.75) is 0 Å². The minimum Gasteiger partial charge on any atom is -0.463 e. The van der Waals surface area contributed by atoms with Crippen LogP contribution in [0.1, 0.15) is 0 Å². The first-order valence-electron chi connectivity index (χ1n) is 4.54. The zero-order chi connectivity index (χ0) is 10.8. The molecule has 0 aromatic heterocycles. The van der Waals surface area contributed by atoms with Crippen molar-refractivity contribution in [3.63, 3.8) is 0 Å². The molecule has 0 bridgehead atoms. The molecule has 0 atom stereocenters. The summed E-state index contributed by atoms with van der Waals surface area (Å²) in [6, 6.07) is 0. The summed E-state index contributed by atoms with van der Waals surface area (Å²) in [6.45, 7) is 9.75. The molecule has 0 aliphatic heterocycles. The van der Waals surface area contributed by atoms with Gasteiger partial charge in [-0.25, -0.2) is 0 Å². The smallest absolute Gasteiger partial charge is 0.319 e. The fraction of sp³-hybridized carbons (Fsp3) is 0.500. The first kappa shape index (κ1) is 12.9. The topological polar surface area (TPSA) is 55.6 Å². The Labute approximate surface area is 85.0 Å². The van der Waals surface area contributed by atoms with Crippen molar-refractivity contribution < 1.29 is 9.53 Å². The monoisotopic (exact) mass is 198 g/mol. The van der Waals surface area contributed by atoms with Gasteiger partial charge in [0.15, 0.2) is 0 Å². The number of carbonyl (C=O) groups is 1. The third-order valence-electron chi connectivity index (χ3n) is 1.61. The average molecular weight is 198 g/mol. The van der Waals surface area contributed by atoms with Crippen LogP contribution in [0.4, 0.5) is 0 Å². The summed E-state index contributed by atoms with van der Waals surface area (Å²) in [6.07, 6.45) is 3.60. The SMILES string of the molecule is C=CCN(CC=C)CCOC(=O)CN. The molecule has 0 unspecified atom stereocenters. The van der Waals surface area contributed by atoms with Crippen molar-refractivity contribution in [2.24, 2.45) is 5.73 Å². The maximum Gasteiger partial charge on any atom is 0.319 e. The van der Waals surface area contributed by atoms with E-state index in [1.54, 1.807) is 12.2 Å². The van der Waals surface area contributed by atoms with E-state index in [0.29, 0.717) is 13.2 Å². The van der Waals surface area contributed by atoms with Crippen LogP contribution in [-0.2, 0) is 9.53 Å². The highest BCUT2D eigenvalue weighted by Crippen LogP contribution is 1.89. The average Bonchev–Trinajstić information content (AvgIpc) is 2.18. The highest BCUT2D eigenvalue weighted by Gasteiger charge is 2.02. The molecule has 0 saturated carbocycles. The maximum atomic E-state index is 10.7. The van der Waals surface area contributed by atoms with E-state index >= 15 is 0 Å². The minimum absolute atomic E-state index is 0.0666. The second-order valence-electron chi connectivity index (χ2n) is 2.76. The number of ether oxygens (including phenoxy) is 1. The maximum absolute atomic E-state index is 10.7. The molecule has 14 heavy (non-hydrogen) atoms. The highest BCUT2D eigenvalue weighted by molar-refractivity contribution is 5.71. The molecule has 4 nitrogen and oxygen atoms in total. The van der Waals surface area contributed by atoms with Crippen LogP contribution < -0.4 is 5.73 Å². The summed E-state index contributed by atoms with van der Waals surface area (Å²) in [5.74, 6) is -0.373. The molecule has 0 saturated heterocycles. The zero-order valence-electron chi connectivity index (χ0n) is 8.45. The Bertz CT molecular complexity index is 183. The molecule has 0 heterocycles. The Balaban J connectivity index is 3.64. The lowest BCUT2D eigenvalue weighted by atomic mass is 10.4. The lowest BCUT2D eigenvalue weighted by Crippen LogP contribution is -2.29. The summed E-state index contributed by atoms with van der Waals surface area (Å²) in [5, 5.41) is 0.